The van der Waals surface area contributed by atoms with Crippen LogP contribution in [0.1, 0.15) is 5.56 Å². The number of benzene rings is 3. The number of carbonyl (C=O) groups is 1. The molecule has 0 spiro atoms. The van der Waals surface area contributed by atoms with E-state index in [2.05, 4.69) is 21.2 Å². The van der Waals surface area contributed by atoms with E-state index in [0.29, 0.717) is 6.54 Å². The van der Waals surface area contributed by atoms with Crippen molar-refractivity contribution in [2.75, 3.05) is 12.4 Å². The Morgan fingerprint density at radius 3 is 2.52 bits per heavy atom. The zero-order valence-electron chi connectivity index (χ0n) is 12.8. The van der Waals surface area contributed by atoms with Crippen molar-refractivity contribution in [3.8, 4) is 0 Å². The Labute approximate surface area is 144 Å². The Morgan fingerprint density at radius 2 is 1.70 bits per heavy atom. The summed E-state index contributed by atoms with van der Waals surface area (Å²) < 4.78 is 1.00. The van der Waals surface area contributed by atoms with Gasteiger partial charge in [-0.15, -0.1) is 0 Å². The van der Waals surface area contributed by atoms with Gasteiger partial charge in [0.1, 0.15) is 0 Å². The van der Waals surface area contributed by atoms with Crippen molar-refractivity contribution in [2.24, 2.45) is 0 Å². The predicted octanol–water partition coefficient (Wildman–Crippen LogP) is 5.27. The summed E-state index contributed by atoms with van der Waals surface area (Å²) >= 11 is 3.51. The van der Waals surface area contributed by atoms with Gasteiger partial charge in [-0.3, -0.25) is 0 Å². The lowest BCUT2D eigenvalue weighted by atomic mass is 10.1. The quantitative estimate of drug-likeness (QED) is 0.671. The second kappa shape index (κ2) is 6.84. The monoisotopic (exact) mass is 368 g/mol. The van der Waals surface area contributed by atoms with Crippen LogP contribution in [-0.2, 0) is 6.54 Å². The van der Waals surface area contributed by atoms with E-state index in [-0.39, 0.29) is 6.03 Å². The van der Waals surface area contributed by atoms with Crippen LogP contribution in [0.5, 0.6) is 0 Å². The fourth-order valence-corrected chi connectivity index (χ4v) is 2.91. The van der Waals surface area contributed by atoms with Crippen LogP contribution in [0.25, 0.3) is 10.8 Å². The van der Waals surface area contributed by atoms with E-state index < -0.39 is 0 Å². The molecule has 0 bridgehead atoms. The molecule has 0 aliphatic rings. The van der Waals surface area contributed by atoms with E-state index in [1.165, 1.54) is 0 Å². The fourth-order valence-electron chi connectivity index (χ4n) is 2.50. The summed E-state index contributed by atoms with van der Waals surface area (Å²) in [6.45, 7) is 0.540. The lowest BCUT2D eigenvalue weighted by Gasteiger charge is -2.19. The normalized spacial score (nSPS) is 10.5. The largest absolute Gasteiger partial charge is 0.323 e. The standard InChI is InChI=1S/C19H17BrN2O/c1-22(13-15-8-3-5-11-17(15)20)19(23)21-18-12-6-9-14-7-2-4-10-16(14)18/h2-12H,13H2,1H3,(H,21,23). The molecule has 23 heavy (non-hydrogen) atoms. The maximum Gasteiger partial charge on any atom is 0.321 e. The molecule has 0 aliphatic heterocycles. The van der Waals surface area contributed by atoms with Gasteiger partial charge in [0.25, 0.3) is 0 Å². The molecule has 0 heterocycles. The van der Waals surface area contributed by atoms with E-state index >= 15 is 0 Å². The molecule has 0 fully saturated rings. The van der Waals surface area contributed by atoms with Gasteiger partial charge in [0.2, 0.25) is 0 Å². The molecule has 3 nitrogen and oxygen atoms in total. The summed E-state index contributed by atoms with van der Waals surface area (Å²) in [4.78, 5) is 14.1. The Kier molecular flexibility index (Phi) is 4.63. The molecule has 3 aromatic carbocycles. The first-order valence-corrected chi connectivity index (χ1v) is 8.18. The molecule has 0 aromatic heterocycles. The van der Waals surface area contributed by atoms with E-state index in [0.717, 1.165) is 26.5 Å². The molecule has 0 atom stereocenters. The molecule has 0 saturated heterocycles. The molecule has 0 radical (unpaired) electrons. The number of hydrogen-bond donors (Lipinski definition) is 1. The first-order valence-electron chi connectivity index (χ1n) is 7.38. The zero-order valence-corrected chi connectivity index (χ0v) is 14.4. The second-order valence-electron chi connectivity index (χ2n) is 5.40. The molecule has 4 heteroatoms. The first kappa shape index (κ1) is 15.6. The molecular weight excluding hydrogens is 352 g/mol. The second-order valence-corrected chi connectivity index (χ2v) is 6.26. The third kappa shape index (κ3) is 3.54. The highest BCUT2D eigenvalue weighted by atomic mass is 79.9. The smallest absolute Gasteiger partial charge is 0.321 e. The van der Waals surface area contributed by atoms with Crippen LogP contribution in [0.2, 0.25) is 0 Å². The predicted molar refractivity (Wildman–Crippen MR) is 98.6 cm³/mol. The Morgan fingerprint density at radius 1 is 1.00 bits per heavy atom. The molecule has 0 unspecified atom stereocenters. The number of carbonyl (C=O) groups excluding carboxylic acids is 1. The summed E-state index contributed by atoms with van der Waals surface area (Å²) in [5.74, 6) is 0. The summed E-state index contributed by atoms with van der Waals surface area (Å²) in [7, 11) is 1.79. The summed E-state index contributed by atoms with van der Waals surface area (Å²) in [6.07, 6.45) is 0. The van der Waals surface area contributed by atoms with Gasteiger partial charge in [0.15, 0.2) is 0 Å². The van der Waals surface area contributed by atoms with Crippen molar-refractivity contribution in [3.05, 3.63) is 76.8 Å². The number of nitrogens with one attached hydrogen (secondary N) is 1. The molecule has 0 aliphatic carbocycles. The SMILES string of the molecule is CN(Cc1ccccc1Br)C(=O)Nc1cccc2ccccc12. The zero-order chi connectivity index (χ0) is 16.2. The highest BCUT2D eigenvalue weighted by Crippen LogP contribution is 2.23. The molecule has 2 amide bonds. The number of fused-ring (bicyclic) bond motifs is 1. The highest BCUT2D eigenvalue weighted by molar-refractivity contribution is 9.10. The Hall–Kier alpha value is -2.33. The minimum atomic E-state index is -0.128. The topological polar surface area (TPSA) is 32.3 Å². The Balaban J connectivity index is 1.77. The van der Waals surface area contributed by atoms with Crippen LogP contribution < -0.4 is 5.32 Å². The van der Waals surface area contributed by atoms with Gasteiger partial charge >= 0.3 is 6.03 Å². The van der Waals surface area contributed by atoms with Crippen LogP contribution in [0.15, 0.2) is 71.2 Å². The fraction of sp³-hybridized carbons (Fsp3) is 0.105. The summed E-state index contributed by atoms with van der Waals surface area (Å²) in [5.41, 5.74) is 1.90. The molecular formula is C19H17BrN2O. The maximum atomic E-state index is 12.5. The van der Waals surface area contributed by atoms with Crippen molar-refractivity contribution in [1.82, 2.24) is 4.90 Å². The minimum Gasteiger partial charge on any atom is -0.323 e. The molecule has 1 N–H and O–H groups in total. The number of hydrogen-bond acceptors (Lipinski definition) is 1. The van der Waals surface area contributed by atoms with E-state index in [1.54, 1.807) is 11.9 Å². The average Bonchev–Trinajstić information content (AvgIpc) is 2.57. The van der Waals surface area contributed by atoms with Crippen LogP contribution in [0.4, 0.5) is 10.5 Å². The lowest BCUT2D eigenvalue weighted by Crippen LogP contribution is -2.31. The number of rotatable bonds is 3. The van der Waals surface area contributed by atoms with Crippen molar-refractivity contribution in [2.45, 2.75) is 6.54 Å². The lowest BCUT2D eigenvalue weighted by molar-refractivity contribution is 0.220. The number of amides is 2. The number of anilines is 1. The molecule has 0 saturated carbocycles. The number of urea groups is 1. The van der Waals surface area contributed by atoms with Crippen LogP contribution in [0.3, 0.4) is 0 Å². The van der Waals surface area contributed by atoms with Crippen molar-refractivity contribution in [1.29, 1.82) is 0 Å². The number of halogens is 1. The van der Waals surface area contributed by atoms with Gasteiger partial charge in [-0.1, -0.05) is 70.5 Å². The summed E-state index contributed by atoms with van der Waals surface area (Å²) in [5, 5.41) is 5.15. The highest BCUT2D eigenvalue weighted by Gasteiger charge is 2.12. The average molecular weight is 369 g/mol. The van der Waals surface area contributed by atoms with E-state index in [9.17, 15) is 4.79 Å². The van der Waals surface area contributed by atoms with Gasteiger partial charge in [-0.05, 0) is 23.1 Å². The third-order valence-corrected chi connectivity index (χ3v) is 4.52. The molecule has 3 rings (SSSR count). The first-order chi connectivity index (χ1) is 11.1. The van der Waals surface area contributed by atoms with Gasteiger partial charge in [0.05, 0.1) is 5.69 Å². The van der Waals surface area contributed by atoms with Crippen LogP contribution in [0, 0.1) is 0 Å². The van der Waals surface area contributed by atoms with Crippen molar-refractivity contribution < 1.29 is 4.79 Å². The molecule has 3 aromatic rings. The van der Waals surface area contributed by atoms with Crippen LogP contribution in [-0.4, -0.2) is 18.0 Å². The van der Waals surface area contributed by atoms with Crippen LogP contribution >= 0.6 is 15.9 Å². The minimum absolute atomic E-state index is 0.128. The Bertz CT molecular complexity index is 842. The molecule has 116 valence electrons. The summed E-state index contributed by atoms with van der Waals surface area (Å²) in [6, 6.07) is 21.7. The van der Waals surface area contributed by atoms with Crippen molar-refractivity contribution in [3.63, 3.8) is 0 Å². The maximum absolute atomic E-state index is 12.5. The third-order valence-electron chi connectivity index (χ3n) is 3.74. The van der Waals surface area contributed by atoms with Gasteiger partial charge < -0.3 is 10.2 Å². The van der Waals surface area contributed by atoms with E-state index in [1.807, 2.05) is 66.7 Å². The van der Waals surface area contributed by atoms with Gasteiger partial charge in [-0.25, -0.2) is 4.79 Å². The van der Waals surface area contributed by atoms with E-state index in [4.69, 9.17) is 0 Å². The van der Waals surface area contributed by atoms with Gasteiger partial charge in [-0.2, -0.15) is 0 Å². The number of nitrogens with zero attached hydrogens (tertiary/aromatic N) is 1. The van der Waals surface area contributed by atoms with Gasteiger partial charge in [0, 0.05) is 23.5 Å². The van der Waals surface area contributed by atoms with Crippen molar-refractivity contribution >= 4 is 38.4 Å².